The highest BCUT2D eigenvalue weighted by molar-refractivity contribution is 5.80. The van der Waals surface area contributed by atoms with Gasteiger partial charge in [-0.2, -0.15) is 0 Å². The fourth-order valence-corrected chi connectivity index (χ4v) is 5.20. The minimum Gasteiger partial charge on any atom is -0.365 e. The van der Waals surface area contributed by atoms with Gasteiger partial charge in [-0.3, -0.25) is 4.79 Å². The number of rotatable bonds is 3. The fourth-order valence-electron chi connectivity index (χ4n) is 5.20. The van der Waals surface area contributed by atoms with Crippen LogP contribution in [0.25, 0.3) is 11.0 Å². The van der Waals surface area contributed by atoms with E-state index in [4.69, 9.17) is 4.98 Å². The van der Waals surface area contributed by atoms with E-state index in [1.54, 1.807) is 0 Å². The number of imidazole rings is 1. The van der Waals surface area contributed by atoms with Gasteiger partial charge in [-0.25, -0.2) is 4.98 Å². The number of anilines is 2. The molecular formula is C26H33N5O. The van der Waals surface area contributed by atoms with Gasteiger partial charge in [0.05, 0.1) is 11.0 Å². The van der Waals surface area contributed by atoms with Crippen molar-refractivity contribution in [2.45, 2.75) is 39.7 Å². The molecule has 0 bridgehead atoms. The highest BCUT2D eigenvalue weighted by atomic mass is 16.2. The lowest BCUT2D eigenvalue weighted by atomic mass is 9.94. The van der Waals surface area contributed by atoms with E-state index in [-0.39, 0.29) is 5.92 Å². The van der Waals surface area contributed by atoms with Crippen LogP contribution in [0.15, 0.2) is 42.5 Å². The number of hydrogen-bond acceptors (Lipinski definition) is 4. The molecule has 168 valence electrons. The molecule has 0 saturated carbocycles. The topological polar surface area (TPSA) is 55.5 Å². The molecule has 0 radical (unpaired) electrons. The van der Waals surface area contributed by atoms with Crippen molar-refractivity contribution in [3.05, 3.63) is 53.6 Å². The number of aromatic nitrogens is 2. The second-order valence-corrected chi connectivity index (χ2v) is 9.51. The van der Waals surface area contributed by atoms with E-state index in [0.29, 0.717) is 11.9 Å². The number of aromatic amines is 1. The standard InChI is InChI=1S/C26H33N5O/c1-18-5-4-6-22(15-18)31-14-13-30(17-20(31)3)25(32)21-9-11-29(12-10-21)26-27-23-8-7-19(2)16-24(23)28-26/h4-8,15-16,20-21H,9-14,17H2,1-3H3,(H,27,28)/t20-/m1/s1. The Labute approximate surface area is 190 Å². The first kappa shape index (κ1) is 20.9. The Bertz CT molecular complexity index is 1110. The van der Waals surface area contributed by atoms with E-state index in [1.807, 2.05) is 0 Å². The first-order valence-corrected chi connectivity index (χ1v) is 11.8. The van der Waals surface area contributed by atoms with Crippen LogP contribution < -0.4 is 9.80 Å². The van der Waals surface area contributed by atoms with E-state index >= 15 is 0 Å². The number of H-pyrrole nitrogens is 1. The summed E-state index contributed by atoms with van der Waals surface area (Å²) in [5.74, 6) is 1.38. The molecule has 1 atom stereocenters. The summed E-state index contributed by atoms with van der Waals surface area (Å²) in [5.41, 5.74) is 5.86. The van der Waals surface area contributed by atoms with Crippen molar-refractivity contribution in [1.82, 2.24) is 14.9 Å². The van der Waals surface area contributed by atoms with Crippen LogP contribution in [0.2, 0.25) is 0 Å². The zero-order chi connectivity index (χ0) is 22.2. The van der Waals surface area contributed by atoms with Gasteiger partial charge < -0.3 is 19.7 Å². The lowest BCUT2D eigenvalue weighted by Crippen LogP contribution is -2.55. The number of hydrogen-bond donors (Lipinski definition) is 1. The highest BCUT2D eigenvalue weighted by Crippen LogP contribution is 2.27. The molecule has 2 aromatic carbocycles. The molecule has 2 fully saturated rings. The molecule has 6 nitrogen and oxygen atoms in total. The van der Waals surface area contributed by atoms with Crippen LogP contribution in [0.4, 0.5) is 11.6 Å². The maximum Gasteiger partial charge on any atom is 0.225 e. The number of carbonyl (C=O) groups is 1. The summed E-state index contributed by atoms with van der Waals surface area (Å²) in [5, 5.41) is 0. The number of aryl methyl sites for hydroxylation is 2. The van der Waals surface area contributed by atoms with Gasteiger partial charge in [-0.15, -0.1) is 0 Å². The first-order valence-electron chi connectivity index (χ1n) is 11.8. The summed E-state index contributed by atoms with van der Waals surface area (Å²) >= 11 is 0. The molecular weight excluding hydrogens is 398 g/mol. The number of nitrogens with zero attached hydrogens (tertiary/aromatic N) is 4. The summed E-state index contributed by atoms with van der Waals surface area (Å²) in [6.07, 6.45) is 1.78. The Balaban J connectivity index is 1.18. The Morgan fingerprint density at radius 2 is 1.78 bits per heavy atom. The lowest BCUT2D eigenvalue weighted by Gasteiger charge is -2.43. The Morgan fingerprint density at radius 3 is 2.53 bits per heavy atom. The molecule has 0 spiro atoms. The number of amides is 1. The third kappa shape index (κ3) is 4.06. The normalized spacial score (nSPS) is 20.2. The summed E-state index contributed by atoms with van der Waals surface area (Å²) < 4.78 is 0. The smallest absolute Gasteiger partial charge is 0.225 e. The van der Waals surface area contributed by atoms with E-state index in [1.165, 1.54) is 16.8 Å². The zero-order valence-corrected chi connectivity index (χ0v) is 19.3. The van der Waals surface area contributed by atoms with Gasteiger partial charge >= 0.3 is 0 Å². The monoisotopic (exact) mass is 431 g/mol. The quantitative estimate of drug-likeness (QED) is 0.677. The SMILES string of the molecule is Cc1cccc(N2CCN(C(=O)C3CCN(c4nc5ccc(C)cc5[nH]4)CC3)C[C@H]2C)c1. The maximum absolute atomic E-state index is 13.3. The van der Waals surface area contributed by atoms with Crippen LogP contribution >= 0.6 is 0 Å². The van der Waals surface area contributed by atoms with Crippen molar-refractivity contribution < 1.29 is 4.79 Å². The van der Waals surface area contributed by atoms with Crippen molar-refractivity contribution >= 4 is 28.6 Å². The number of carbonyl (C=O) groups excluding carboxylic acids is 1. The average Bonchev–Trinajstić information content (AvgIpc) is 3.22. The van der Waals surface area contributed by atoms with Gasteiger partial charge in [0.15, 0.2) is 0 Å². The molecule has 2 saturated heterocycles. The van der Waals surface area contributed by atoms with Gasteiger partial charge in [0.25, 0.3) is 0 Å². The van der Waals surface area contributed by atoms with E-state index < -0.39 is 0 Å². The van der Waals surface area contributed by atoms with Gasteiger partial charge in [0.2, 0.25) is 11.9 Å². The van der Waals surface area contributed by atoms with Crippen LogP contribution in [0.1, 0.15) is 30.9 Å². The summed E-state index contributed by atoms with van der Waals surface area (Å²) in [6, 6.07) is 15.3. The Morgan fingerprint density at radius 1 is 1.00 bits per heavy atom. The number of benzene rings is 2. The molecule has 32 heavy (non-hydrogen) atoms. The highest BCUT2D eigenvalue weighted by Gasteiger charge is 2.33. The molecule has 6 heteroatoms. The van der Waals surface area contributed by atoms with Crippen LogP contribution in [0.3, 0.4) is 0 Å². The van der Waals surface area contributed by atoms with E-state index in [0.717, 1.165) is 62.5 Å². The summed E-state index contributed by atoms with van der Waals surface area (Å²) in [6.45, 7) is 10.7. The van der Waals surface area contributed by atoms with Crippen LogP contribution in [-0.2, 0) is 4.79 Å². The molecule has 3 heterocycles. The van der Waals surface area contributed by atoms with E-state index in [9.17, 15) is 4.79 Å². The van der Waals surface area contributed by atoms with Crippen molar-refractivity contribution in [1.29, 1.82) is 0 Å². The van der Waals surface area contributed by atoms with Gasteiger partial charge in [0.1, 0.15) is 0 Å². The number of piperidine rings is 1. The van der Waals surface area contributed by atoms with Crippen LogP contribution in [-0.4, -0.2) is 59.5 Å². The third-order valence-electron chi connectivity index (χ3n) is 7.04. The second kappa shape index (κ2) is 8.49. The van der Waals surface area contributed by atoms with Crippen molar-refractivity contribution in [2.75, 3.05) is 42.5 Å². The van der Waals surface area contributed by atoms with Crippen LogP contribution in [0.5, 0.6) is 0 Å². The number of fused-ring (bicyclic) bond motifs is 1. The van der Waals surface area contributed by atoms with Gasteiger partial charge in [0, 0.05) is 50.4 Å². The molecule has 0 aliphatic carbocycles. The Kier molecular flexibility index (Phi) is 5.53. The second-order valence-electron chi connectivity index (χ2n) is 9.51. The largest absolute Gasteiger partial charge is 0.365 e. The van der Waals surface area contributed by atoms with Crippen molar-refractivity contribution in [2.24, 2.45) is 5.92 Å². The van der Waals surface area contributed by atoms with E-state index in [2.05, 4.69) is 82.9 Å². The molecule has 2 aliphatic rings. The molecule has 1 aromatic heterocycles. The van der Waals surface area contributed by atoms with Gasteiger partial charge in [-0.05, 0) is 69.0 Å². The molecule has 1 N–H and O–H groups in total. The van der Waals surface area contributed by atoms with Crippen molar-refractivity contribution in [3.8, 4) is 0 Å². The van der Waals surface area contributed by atoms with Crippen molar-refractivity contribution in [3.63, 3.8) is 0 Å². The predicted octanol–water partition coefficient (Wildman–Crippen LogP) is 4.13. The average molecular weight is 432 g/mol. The molecule has 2 aliphatic heterocycles. The van der Waals surface area contributed by atoms with Crippen LogP contribution in [0, 0.1) is 19.8 Å². The molecule has 5 rings (SSSR count). The number of nitrogens with one attached hydrogen (secondary N) is 1. The number of piperazine rings is 1. The predicted molar refractivity (Wildman–Crippen MR) is 130 cm³/mol. The molecule has 0 unspecified atom stereocenters. The summed E-state index contributed by atoms with van der Waals surface area (Å²) in [7, 11) is 0. The molecule has 3 aromatic rings. The first-order chi connectivity index (χ1) is 15.5. The lowest BCUT2D eigenvalue weighted by molar-refractivity contribution is -0.137. The minimum atomic E-state index is 0.121. The Hall–Kier alpha value is -3.02. The minimum absolute atomic E-state index is 0.121. The third-order valence-corrected chi connectivity index (χ3v) is 7.04. The zero-order valence-electron chi connectivity index (χ0n) is 19.3. The summed E-state index contributed by atoms with van der Waals surface area (Å²) in [4.78, 5) is 28.3. The maximum atomic E-state index is 13.3. The molecule has 1 amide bonds. The fraction of sp³-hybridized carbons (Fsp3) is 0.462. The van der Waals surface area contributed by atoms with Gasteiger partial charge in [-0.1, -0.05) is 18.2 Å².